The van der Waals surface area contributed by atoms with Crippen LogP contribution in [0.1, 0.15) is 10.4 Å². The van der Waals surface area contributed by atoms with Gasteiger partial charge in [-0.2, -0.15) is 0 Å². The van der Waals surface area contributed by atoms with E-state index in [2.05, 4.69) is 9.97 Å². The minimum atomic E-state index is -0.220. The number of para-hydroxylation sites is 1. The molecule has 0 saturated carbocycles. The highest BCUT2D eigenvalue weighted by atomic mass is 19.1. The second-order valence-corrected chi connectivity index (χ2v) is 5.87. The summed E-state index contributed by atoms with van der Waals surface area (Å²) in [6.07, 6.45) is 1.62. The molecule has 122 valence electrons. The number of nitrogens with zero attached hydrogens (tertiary/aromatic N) is 3. The lowest BCUT2D eigenvalue weighted by atomic mass is 10.1. The number of carbonyl (C=O) groups excluding carboxylic acids is 1. The number of benzene rings is 2. The monoisotopic (exact) mass is 324 g/mol. The predicted molar refractivity (Wildman–Crippen MR) is 90.6 cm³/mol. The number of piperazine rings is 1. The summed E-state index contributed by atoms with van der Waals surface area (Å²) >= 11 is 0. The van der Waals surface area contributed by atoms with Crippen LogP contribution in [0.3, 0.4) is 0 Å². The molecule has 2 heterocycles. The van der Waals surface area contributed by atoms with Crippen LogP contribution in [-0.4, -0.2) is 47.0 Å². The minimum absolute atomic E-state index is 0.000293. The lowest BCUT2D eigenvalue weighted by molar-refractivity contribution is 0.0747. The first-order chi connectivity index (χ1) is 11.7. The van der Waals surface area contributed by atoms with E-state index in [9.17, 15) is 9.18 Å². The number of hydrogen-bond acceptors (Lipinski definition) is 3. The zero-order valence-corrected chi connectivity index (χ0v) is 13.1. The number of nitrogens with one attached hydrogen (secondary N) is 1. The Morgan fingerprint density at radius 3 is 2.67 bits per heavy atom. The number of anilines is 1. The number of amides is 1. The van der Waals surface area contributed by atoms with Crippen molar-refractivity contribution < 1.29 is 9.18 Å². The summed E-state index contributed by atoms with van der Waals surface area (Å²) in [6.45, 7) is 2.40. The number of H-pyrrole nitrogens is 1. The van der Waals surface area contributed by atoms with Crippen molar-refractivity contribution in [2.75, 3.05) is 31.1 Å². The third-order valence-corrected chi connectivity index (χ3v) is 4.43. The number of fused-ring (bicyclic) bond motifs is 1. The molecule has 0 bridgehead atoms. The van der Waals surface area contributed by atoms with Crippen LogP contribution in [0, 0.1) is 5.82 Å². The first kappa shape index (κ1) is 14.7. The number of aromatic nitrogens is 2. The predicted octanol–water partition coefficient (Wildman–Crippen LogP) is 2.66. The van der Waals surface area contributed by atoms with Crippen LogP contribution < -0.4 is 4.90 Å². The van der Waals surface area contributed by atoms with Crippen molar-refractivity contribution in [1.29, 1.82) is 0 Å². The van der Waals surface area contributed by atoms with Gasteiger partial charge in [-0.05, 0) is 30.3 Å². The van der Waals surface area contributed by atoms with Gasteiger partial charge in [0.15, 0.2) is 0 Å². The van der Waals surface area contributed by atoms with E-state index in [4.69, 9.17) is 0 Å². The molecule has 6 heteroatoms. The molecule has 0 unspecified atom stereocenters. The van der Waals surface area contributed by atoms with Gasteiger partial charge in [0.05, 0.1) is 23.0 Å². The molecule has 1 aromatic heterocycles. The van der Waals surface area contributed by atoms with Crippen molar-refractivity contribution in [3.63, 3.8) is 0 Å². The Bertz CT molecular complexity index is 883. The fourth-order valence-corrected chi connectivity index (χ4v) is 3.11. The largest absolute Gasteiger partial charge is 0.366 e. The zero-order valence-electron chi connectivity index (χ0n) is 13.1. The summed E-state index contributed by atoms with van der Waals surface area (Å²) in [6, 6.07) is 12.2. The molecule has 1 aliphatic rings. The van der Waals surface area contributed by atoms with Crippen LogP contribution in [0.25, 0.3) is 11.0 Å². The molecule has 1 aliphatic heterocycles. The maximum Gasteiger partial charge on any atom is 0.254 e. The van der Waals surface area contributed by atoms with E-state index in [0.717, 1.165) is 11.0 Å². The van der Waals surface area contributed by atoms with Crippen LogP contribution >= 0.6 is 0 Å². The van der Waals surface area contributed by atoms with E-state index in [1.807, 2.05) is 28.0 Å². The Hall–Kier alpha value is -2.89. The number of hydrogen-bond donors (Lipinski definition) is 1. The van der Waals surface area contributed by atoms with Gasteiger partial charge in [-0.25, -0.2) is 9.37 Å². The summed E-state index contributed by atoms with van der Waals surface area (Å²) in [7, 11) is 0. The molecule has 4 rings (SSSR count). The smallest absolute Gasteiger partial charge is 0.254 e. The standard InChI is InChI=1S/C18H17FN4O/c19-14-3-1-2-4-17(14)22-7-9-23(10-8-22)18(24)13-5-6-15-16(11-13)21-12-20-15/h1-6,11-12H,7-10H2,(H,20,21). The molecular weight excluding hydrogens is 307 g/mol. The molecule has 5 nitrogen and oxygen atoms in total. The van der Waals surface area contributed by atoms with E-state index in [0.29, 0.717) is 37.4 Å². The van der Waals surface area contributed by atoms with Gasteiger partial charge >= 0.3 is 0 Å². The molecule has 1 saturated heterocycles. The number of carbonyl (C=O) groups is 1. The van der Waals surface area contributed by atoms with Crippen LogP contribution in [0.4, 0.5) is 10.1 Å². The Morgan fingerprint density at radius 1 is 1.08 bits per heavy atom. The minimum Gasteiger partial charge on any atom is -0.366 e. The third kappa shape index (κ3) is 2.60. The molecule has 24 heavy (non-hydrogen) atoms. The molecule has 0 spiro atoms. The van der Waals surface area contributed by atoms with E-state index in [1.165, 1.54) is 6.07 Å². The van der Waals surface area contributed by atoms with Gasteiger partial charge < -0.3 is 14.8 Å². The van der Waals surface area contributed by atoms with Crippen molar-refractivity contribution in [3.05, 3.63) is 60.2 Å². The molecular formula is C18H17FN4O. The van der Waals surface area contributed by atoms with Crippen LogP contribution in [0.2, 0.25) is 0 Å². The van der Waals surface area contributed by atoms with Gasteiger partial charge in [0, 0.05) is 31.7 Å². The number of aromatic amines is 1. The lowest BCUT2D eigenvalue weighted by Gasteiger charge is -2.36. The topological polar surface area (TPSA) is 52.2 Å². The normalized spacial score (nSPS) is 15.0. The van der Waals surface area contributed by atoms with E-state index in [1.54, 1.807) is 24.5 Å². The zero-order chi connectivity index (χ0) is 16.5. The maximum absolute atomic E-state index is 13.9. The molecule has 0 atom stereocenters. The summed E-state index contributed by atoms with van der Waals surface area (Å²) in [5.74, 6) is -0.221. The Balaban J connectivity index is 1.47. The molecule has 2 aromatic carbocycles. The van der Waals surface area contributed by atoms with Gasteiger partial charge in [0.2, 0.25) is 0 Å². The third-order valence-electron chi connectivity index (χ3n) is 4.43. The summed E-state index contributed by atoms with van der Waals surface area (Å²) in [5, 5.41) is 0. The fourth-order valence-electron chi connectivity index (χ4n) is 3.11. The van der Waals surface area contributed by atoms with E-state index in [-0.39, 0.29) is 11.7 Å². The summed E-state index contributed by atoms with van der Waals surface area (Å²) < 4.78 is 13.9. The number of imidazole rings is 1. The lowest BCUT2D eigenvalue weighted by Crippen LogP contribution is -2.49. The highest BCUT2D eigenvalue weighted by Gasteiger charge is 2.23. The molecule has 1 amide bonds. The van der Waals surface area contributed by atoms with Gasteiger partial charge in [0.1, 0.15) is 5.82 Å². The van der Waals surface area contributed by atoms with Crippen molar-refractivity contribution in [2.45, 2.75) is 0 Å². The fraction of sp³-hybridized carbons (Fsp3) is 0.222. The molecule has 1 N–H and O–H groups in total. The van der Waals surface area contributed by atoms with Crippen molar-refractivity contribution >= 4 is 22.6 Å². The van der Waals surface area contributed by atoms with Crippen molar-refractivity contribution in [2.24, 2.45) is 0 Å². The Morgan fingerprint density at radius 2 is 1.88 bits per heavy atom. The highest BCUT2D eigenvalue weighted by molar-refractivity contribution is 5.97. The quantitative estimate of drug-likeness (QED) is 0.788. The SMILES string of the molecule is O=C(c1ccc2nc[nH]c2c1)N1CCN(c2ccccc2F)CC1. The van der Waals surface area contributed by atoms with E-state index >= 15 is 0 Å². The molecule has 0 radical (unpaired) electrons. The second kappa shape index (κ2) is 5.96. The average Bonchev–Trinajstić information content (AvgIpc) is 3.09. The number of halogens is 1. The molecule has 1 fully saturated rings. The Kier molecular flexibility index (Phi) is 3.65. The van der Waals surface area contributed by atoms with Gasteiger partial charge in [-0.15, -0.1) is 0 Å². The maximum atomic E-state index is 13.9. The highest BCUT2D eigenvalue weighted by Crippen LogP contribution is 2.21. The summed E-state index contributed by atoms with van der Waals surface area (Å²) in [5.41, 5.74) is 2.94. The van der Waals surface area contributed by atoms with Crippen molar-refractivity contribution in [3.8, 4) is 0 Å². The Labute approximate surface area is 138 Å². The van der Waals surface area contributed by atoms with Crippen LogP contribution in [-0.2, 0) is 0 Å². The van der Waals surface area contributed by atoms with Crippen molar-refractivity contribution in [1.82, 2.24) is 14.9 Å². The van der Waals surface area contributed by atoms with Gasteiger partial charge in [-0.1, -0.05) is 12.1 Å². The van der Waals surface area contributed by atoms with Gasteiger partial charge in [-0.3, -0.25) is 4.79 Å². The number of rotatable bonds is 2. The second-order valence-electron chi connectivity index (χ2n) is 5.87. The van der Waals surface area contributed by atoms with E-state index < -0.39 is 0 Å². The molecule has 0 aliphatic carbocycles. The summed E-state index contributed by atoms with van der Waals surface area (Å²) in [4.78, 5) is 23.7. The average molecular weight is 324 g/mol. The van der Waals surface area contributed by atoms with Gasteiger partial charge in [0.25, 0.3) is 5.91 Å². The van der Waals surface area contributed by atoms with Crippen LogP contribution in [0.5, 0.6) is 0 Å². The first-order valence-corrected chi connectivity index (χ1v) is 7.94. The first-order valence-electron chi connectivity index (χ1n) is 7.94. The molecule has 3 aromatic rings. The van der Waals surface area contributed by atoms with Crippen LogP contribution in [0.15, 0.2) is 48.8 Å².